The molecule has 0 heterocycles. The smallest absolute Gasteiger partial charge is 0.0572 e. The highest BCUT2D eigenvalue weighted by Crippen LogP contribution is 2.20. The Balaban J connectivity index is 1.99. The number of hydrogen-bond donors (Lipinski definition) is 1. The molecule has 0 bridgehead atoms. The minimum atomic E-state index is 0.518. The van der Waals surface area contributed by atoms with Crippen LogP contribution in [0.25, 0.3) is 0 Å². The van der Waals surface area contributed by atoms with Crippen molar-refractivity contribution in [1.82, 2.24) is 10.2 Å². The van der Waals surface area contributed by atoms with Gasteiger partial charge in [0, 0.05) is 13.2 Å². The van der Waals surface area contributed by atoms with Crippen molar-refractivity contribution >= 4 is 0 Å². The van der Waals surface area contributed by atoms with E-state index in [1.54, 1.807) is 0 Å². The Bertz CT molecular complexity index is 154. The molecule has 0 unspecified atom stereocenters. The summed E-state index contributed by atoms with van der Waals surface area (Å²) in [5.74, 6) is 0. The molecule has 1 rings (SSSR count). The largest absolute Gasteiger partial charge is 0.381 e. The molecule has 1 aliphatic carbocycles. The molecular weight excluding hydrogens is 188 g/mol. The lowest BCUT2D eigenvalue weighted by molar-refractivity contribution is 0.0625. The van der Waals surface area contributed by atoms with Crippen molar-refractivity contribution in [2.45, 2.75) is 44.2 Å². The van der Waals surface area contributed by atoms with E-state index in [1.807, 2.05) is 7.11 Å². The first-order valence-electron chi connectivity index (χ1n) is 6.13. The van der Waals surface area contributed by atoms with E-state index < -0.39 is 0 Å². The van der Waals surface area contributed by atoms with Crippen molar-refractivity contribution in [2.24, 2.45) is 0 Å². The van der Waals surface area contributed by atoms with Crippen LogP contribution >= 0.6 is 0 Å². The summed E-state index contributed by atoms with van der Waals surface area (Å²) < 4.78 is 5.36. The number of ether oxygens (including phenoxy) is 1. The molecule has 0 spiro atoms. The molecule has 90 valence electrons. The topological polar surface area (TPSA) is 24.5 Å². The van der Waals surface area contributed by atoms with Crippen molar-refractivity contribution in [1.29, 1.82) is 0 Å². The van der Waals surface area contributed by atoms with Crippen LogP contribution in [-0.4, -0.2) is 51.3 Å². The van der Waals surface area contributed by atoms with Gasteiger partial charge in [-0.2, -0.15) is 0 Å². The van der Waals surface area contributed by atoms with Crippen molar-refractivity contribution < 1.29 is 4.74 Å². The fourth-order valence-electron chi connectivity index (χ4n) is 2.20. The highest BCUT2D eigenvalue weighted by atomic mass is 16.5. The summed E-state index contributed by atoms with van der Waals surface area (Å²) in [7, 11) is 6.09. The molecule has 0 aromatic carbocycles. The van der Waals surface area contributed by atoms with E-state index in [0.29, 0.717) is 6.10 Å². The Morgan fingerprint density at radius 2 is 1.87 bits per heavy atom. The lowest BCUT2D eigenvalue weighted by Gasteiger charge is -2.28. The third kappa shape index (κ3) is 5.50. The van der Waals surface area contributed by atoms with Crippen LogP contribution in [0.5, 0.6) is 0 Å². The quantitative estimate of drug-likeness (QED) is 0.678. The first kappa shape index (κ1) is 12.9. The molecule has 0 aliphatic heterocycles. The Labute approximate surface area is 94.2 Å². The van der Waals surface area contributed by atoms with Crippen LogP contribution in [0.4, 0.5) is 0 Å². The molecule has 0 aromatic rings. The van der Waals surface area contributed by atoms with Crippen molar-refractivity contribution in [2.75, 3.05) is 34.3 Å². The number of nitrogens with zero attached hydrogens (tertiary/aromatic N) is 1. The summed E-state index contributed by atoms with van der Waals surface area (Å²) in [6.45, 7) is 2.33. The Morgan fingerprint density at radius 3 is 2.40 bits per heavy atom. The fraction of sp³-hybridized carbons (Fsp3) is 1.00. The fourth-order valence-corrected chi connectivity index (χ4v) is 2.20. The molecule has 1 aliphatic rings. The Morgan fingerprint density at radius 1 is 1.20 bits per heavy atom. The van der Waals surface area contributed by atoms with Gasteiger partial charge in [-0.25, -0.2) is 0 Å². The minimum Gasteiger partial charge on any atom is -0.381 e. The SMILES string of the molecule is COC1CCC(NCCCN(C)C)CC1. The number of methoxy groups -OCH3 is 1. The molecule has 1 saturated carbocycles. The lowest BCUT2D eigenvalue weighted by atomic mass is 9.93. The van der Waals surface area contributed by atoms with Gasteiger partial charge in [-0.15, -0.1) is 0 Å². The van der Waals surface area contributed by atoms with Gasteiger partial charge < -0.3 is 15.0 Å². The predicted molar refractivity (Wildman–Crippen MR) is 64.2 cm³/mol. The zero-order chi connectivity index (χ0) is 11.1. The second-order valence-corrected chi connectivity index (χ2v) is 4.82. The zero-order valence-electron chi connectivity index (χ0n) is 10.5. The number of hydrogen-bond acceptors (Lipinski definition) is 3. The van der Waals surface area contributed by atoms with E-state index in [-0.39, 0.29) is 0 Å². The highest BCUT2D eigenvalue weighted by molar-refractivity contribution is 4.77. The van der Waals surface area contributed by atoms with Crippen LogP contribution in [0.1, 0.15) is 32.1 Å². The van der Waals surface area contributed by atoms with Gasteiger partial charge >= 0.3 is 0 Å². The third-order valence-electron chi connectivity index (χ3n) is 3.22. The lowest BCUT2D eigenvalue weighted by Crippen LogP contribution is -2.36. The number of nitrogens with one attached hydrogen (secondary N) is 1. The highest BCUT2D eigenvalue weighted by Gasteiger charge is 2.19. The zero-order valence-corrected chi connectivity index (χ0v) is 10.5. The van der Waals surface area contributed by atoms with Crippen molar-refractivity contribution in [3.8, 4) is 0 Å². The molecule has 0 atom stereocenters. The van der Waals surface area contributed by atoms with Gasteiger partial charge in [-0.3, -0.25) is 0 Å². The van der Waals surface area contributed by atoms with Gasteiger partial charge in [0.15, 0.2) is 0 Å². The molecule has 0 radical (unpaired) electrons. The monoisotopic (exact) mass is 214 g/mol. The second kappa shape index (κ2) is 7.20. The van der Waals surface area contributed by atoms with E-state index in [1.165, 1.54) is 38.6 Å². The van der Waals surface area contributed by atoms with Crippen LogP contribution in [0.3, 0.4) is 0 Å². The van der Waals surface area contributed by atoms with Gasteiger partial charge in [-0.05, 0) is 59.3 Å². The van der Waals surface area contributed by atoms with Crippen LogP contribution in [0, 0.1) is 0 Å². The Hall–Kier alpha value is -0.120. The maximum absolute atomic E-state index is 5.36. The average molecular weight is 214 g/mol. The average Bonchev–Trinajstić information content (AvgIpc) is 2.25. The second-order valence-electron chi connectivity index (χ2n) is 4.82. The molecule has 3 nitrogen and oxygen atoms in total. The standard InChI is InChI=1S/C12H26N2O/c1-14(2)10-4-9-13-11-5-7-12(15-3)8-6-11/h11-13H,4-10H2,1-3H3. The molecule has 1 N–H and O–H groups in total. The van der Waals surface area contributed by atoms with E-state index in [0.717, 1.165) is 12.6 Å². The van der Waals surface area contributed by atoms with Gasteiger partial charge in [-0.1, -0.05) is 0 Å². The van der Waals surface area contributed by atoms with E-state index in [4.69, 9.17) is 4.74 Å². The minimum absolute atomic E-state index is 0.518. The normalized spacial score (nSPS) is 27.2. The molecule has 1 fully saturated rings. The summed E-state index contributed by atoms with van der Waals surface area (Å²) >= 11 is 0. The summed E-state index contributed by atoms with van der Waals surface area (Å²) in [6, 6.07) is 0.735. The first-order valence-corrected chi connectivity index (χ1v) is 6.13. The maximum Gasteiger partial charge on any atom is 0.0572 e. The van der Waals surface area contributed by atoms with Crippen LogP contribution in [-0.2, 0) is 4.74 Å². The summed E-state index contributed by atoms with van der Waals surface area (Å²) in [5, 5.41) is 3.64. The predicted octanol–water partition coefficient (Wildman–Crippen LogP) is 1.49. The van der Waals surface area contributed by atoms with Gasteiger partial charge in [0.1, 0.15) is 0 Å². The third-order valence-corrected chi connectivity index (χ3v) is 3.22. The Kier molecular flexibility index (Phi) is 6.22. The first-order chi connectivity index (χ1) is 7.22. The summed E-state index contributed by atoms with van der Waals surface area (Å²) in [5.41, 5.74) is 0. The van der Waals surface area contributed by atoms with Crippen LogP contribution in [0.2, 0.25) is 0 Å². The van der Waals surface area contributed by atoms with Crippen molar-refractivity contribution in [3.63, 3.8) is 0 Å². The van der Waals surface area contributed by atoms with E-state index >= 15 is 0 Å². The molecule has 15 heavy (non-hydrogen) atoms. The summed E-state index contributed by atoms with van der Waals surface area (Å²) in [6.07, 6.45) is 6.77. The van der Waals surface area contributed by atoms with Gasteiger partial charge in [0.25, 0.3) is 0 Å². The van der Waals surface area contributed by atoms with Gasteiger partial charge in [0.05, 0.1) is 6.10 Å². The molecule has 0 saturated heterocycles. The molecular formula is C12H26N2O. The maximum atomic E-state index is 5.36. The van der Waals surface area contributed by atoms with E-state index in [2.05, 4.69) is 24.3 Å². The summed E-state index contributed by atoms with van der Waals surface area (Å²) in [4.78, 5) is 2.24. The van der Waals surface area contributed by atoms with Crippen molar-refractivity contribution in [3.05, 3.63) is 0 Å². The van der Waals surface area contributed by atoms with Gasteiger partial charge in [0.2, 0.25) is 0 Å². The van der Waals surface area contributed by atoms with Crippen LogP contribution in [0.15, 0.2) is 0 Å². The van der Waals surface area contributed by atoms with Crippen LogP contribution < -0.4 is 5.32 Å². The van der Waals surface area contributed by atoms with E-state index in [9.17, 15) is 0 Å². The molecule has 0 aromatic heterocycles. The molecule has 3 heteroatoms. The molecule has 0 amide bonds. The number of rotatable bonds is 6.